The van der Waals surface area contributed by atoms with E-state index in [-0.39, 0.29) is 24.2 Å². The van der Waals surface area contributed by atoms with E-state index < -0.39 is 17.3 Å². The summed E-state index contributed by atoms with van der Waals surface area (Å²) in [6.07, 6.45) is 2.82. The number of rotatable bonds is 6. The molecule has 0 aromatic heterocycles. The van der Waals surface area contributed by atoms with Crippen molar-refractivity contribution in [2.24, 2.45) is 11.8 Å². The third kappa shape index (κ3) is 3.43. The van der Waals surface area contributed by atoms with Crippen LogP contribution in [0.3, 0.4) is 0 Å². The lowest BCUT2D eigenvalue weighted by atomic mass is 9.85. The van der Waals surface area contributed by atoms with Gasteiger partial charge in [-0.2, -0.15) is 0 Å². The van der Waals surface area contributed by atoms with Gasteiger partial charge < -0.3 is 15.2 Å². The first-order valence-corrected chi connectivity index (χ1v) is 8.38. The highest BCUT2D eigenvalue weighted by molar-refractivity contribution is 5.91. The number of amides is 1. The molecule has 2 aliphatic rings. The van der Waals surface area contributed by atoms with Crippen molar-refractivity contribution in [3.8, 4) is 0 Å². The number of ether oxygens (including phenoxy) is 1. The Labute approximate surface area is 140 Å². The monoisotopic (exact) mass is 335 g/mol. The first-order valence-electron chi connectivity index (χ1n) is 8.38. The molecule has 0 bridgehead atoms. The zero-order valence-corrected chi connectivity index (χ0v) is 13.5. The molecule has 24 heavy (non-hydrogen) atoms. The van der Waals surface area contributed by atoms with Crippen LogP contribution in [0.2, 0.25) is 0 Å². The summed E-state index contributed by atoms with van der Waals surface area (Å²) < 4.78 is 18.3. The van der Waals surface area contributed by atoms with Gasteiger partial charge in [-0.1, -0.05) is 12.1 Å². The number of halogens is 1. The van der Waals surface area contributed by atoms with Crippen molar-refractivity contribution in [1.82, 2.24) is 5.32 Å². The molecule has 3 rings (SSSR count). The van der Waals surface area contributed by atoms with Crippen LogP contribution in [0.5, 0.6) is 0 Å². The van der Waals surface area contributed by atoms with E-state index in [9.17, 15) is 19.1 Å². The van der Waals surface area contributed by atoms with Gasteiger partial charge in [0.25, 0.3) is 0 Å². The zero-order valence-electron chi connectivity index (χ0n) is 13.5. The summed E-state index contributed by atoms with van der Waals surface area (Å²) >= 11 is 0. The highest BCUT2D eigenvalue weighted by Gasteiger charge is 2.51. The van der Waals surface area contributed by atoms with E-state index in [4.69, 9.17) is 4.74 Å². The highest BCUT2D eigenvalue weighted by Crippen LogP contribution is 2.48. The number of carbonyl (C=O) groups excluding carboxylic acids is 1. The van der Waals surface area contributed by atoms with Crippen LogP contribution < -0.4 is 5.32 Å². The van der Waals surface area contributed by atoms with Crippen LogP contribution in [-0.2, 0) is 19.7 Å². The molecule has 2 N–H and O–H groups in total. The van der Waals surface area contributed by atoms with Crippen molar-refractivity contribution in [1.29, 1.82) is 0 Å². The standard InChI is InChI=1S/C18H22FNO4/c19-14-3-1-13(2-4-14)18(7-8-18)17(23)20-11-15(16(21)22)12-5-9-24-10-6-12/h1-4,12,15H,5-11H2,(H,20,23)(H,21,22). The van der Waals surface area contributed by atoms with E-state index in [1.807, 2.05) is 0 Å². The van der Waals surface area contributed by atoms with E-state index in [2.05, 4.69) is 5.32 Å². The predicted molar refractivity (Wildman–Crippen MR) is 85.0 cm³/mol. The molecule has 1 unspecified atom stereocenters. The Morgan fingerprint density at radius 2 is 1.88 bits per heavy atom. The quantitative estimate of drug-likeness (QED) is 0.835. The summed E-state index contributed by atoms with van der Waals surface area (Å²) in [4.78, 5) is 24.2. The Kier molecular flexibility index (Phi) is 4.85. The maximum atomic E-state index is 13.1. The average Bonchev–Trinajstić information content (AvgIpc) is 3.38. The SMILES string of the molecule is O=C(O)C(CNC(=O)C1(c2ccc(F)cc2)CC1)C1CCOCC1. The molecule has 2 fully saturated rings. The summed E-state index contributed by atoms with van der Waals surface area (Å²) in [5, 5.41) is 12.3. The summed E-state index contributed by atoms with van der Waals surface area (Å²) in [5.41, 5.74) is 0.172. The molecule has 1 saturated heterocycles. The third-order valence-electron chi connectivity index (χ3n) is 5.22. The fourth-order valence-electron chi connectivity index (χ4n) is 3.49. The highest BCUT2D eigenvalue weighted by atomic mass is 19.1. The van der Waals surface area contributed by atoms with Crippen LogP contribution in [0.1, 0.15) is 31.2 Å². The topological polar surface area (TPSA) is 75.6 Å². The lowest BCUT2D eigenvalue weighted by Crippen LogP contribution is -2.42. The van der Waals surface area contributed by atoms with Gasteiger partial charge >= 0.3 is 5.97 Å². The fraction of sp³-hybridized carbons (Fsp3) is 0.556. The molecule has 1 aliphatic carbocycles. The summed E-state index contributed by atoms with van der Waals surface area (Å²) in [6.45, 7) is 1.27. The number of hydrogen-bond donors (Lipinski definition) is 2. The normalized spacial score (nSPS) is 21.0. The lowest BCUT2D eigenvalue weighted by molar-refractivity contribution is -0.145. The van der Waals surface area contributed by atoms with Crippen molar-refractivity contribution >= 4 is 11.9 Å². The number of carbonyl (C=O) groups is 2. The largest absolute Gasteiger partial charge is 0.481 e. The van der Waals surface area contributed by atoms with Gasteiger partial charge in [0, 0.05) is 19.8 Å². The van der Waals surface area contributed by atoms with E-state index in [1.165, 1.54) is 12.1 Å². The molecule has 5 nitrogen and oxygen atoms in total. The molecule has 0 radical (unpaired) electrons. The second-order valence-corrected chi connectivity index (χ2v) is 6.69. The number of carboxylic acid groups (broad SMARTS) is 1. The Balaban J connectivity index is 1.63. The van der Waals surface area contributed by atoms with Gasteiger partial charge in [0.05, 0.1) is 11.3 Å². The molecule has 1 atom stereocenters. The smallest absolute Gasteiger partial charge is 0.308 e. The molecule has 1 aromatic carbocycles. The minimum absolute atomic E-state index is 0.0255. The van der Waals surface area contributed by atoms with Crippen LogP contribution in [0.25, 0.3) is 0 Å². The van der Waals surface area contributed by atoms with Gasteiger partial charge in [0.15, 0.2) is 0 Å². The second kappa shape index (κ2) is 6.89. The van der Waals surface area contributed by atoms with Crippen molar-refractivity contribution in [3.05, 3.63) is 35.6 Å². The van der Waals surface area contributed by atoms with Gasteiger partial charge in [-0.3, -0.25) is 9.59 Å². The van der Waals surface area contributed by atoms with E-state index in [1.54, 1.807) is 12.1 Å². The minimum atomic E-state index is -0.881. The zero-order chi connectivity index (χ0) is 17.2. The Morgan fingerprint density at radius 3 is 2.42 bits per heavy atom. The van der Waals surface area contributed by atoms with Crippen molar-refractivity contribution in [2.75, 3.05) is 19.8 Å². The number of nitrogens with one attached hydrogen (secondary N) is 1. The van der Waals surface area contributed by atoms with Crippen LogP contribution >= 0.6 is 0 Å². The molecule has 1 amide bonds. The third-order valence-corrected chi connectivity index (χ3v) is 5.22. The molecule has 1 aromatic rings. The molecule has 1 saturated carbocycles. The number of hydrogen-bond acceptors (Lipinski definition) is 3. The molecular formula is C18H22FNO4. The minimum Gasteiger partial charge on any atom is -0.481 e. The first-order chi connectivity index (χ1) is 11.5. The maximum absolute atomic E-state index is 13.1. The van der Waals surface area contributed by atoms with E-state index in [0.717, 1.165) is 5.56 Å². The number of aliphatic carboxylic acids is 1. The molecule has 6 heteroatoms. The van der Waals surface area contributed by atoms with Gasteiger partial charge in [-0.15, -0.1) is 0 Å². The van der Waals surface area contributed by atoms with Crippen molar-refractivity contribution in [2.45, 2.75) is 31.1 Å². The molecule has 0 spiro atoms. The molecule has 130 valence electrons. The van der Waals surface area contributed by atoms with Crippen LogP contribution in [0.15, 0.2) is 24.3 Å². The average molecular weight is 335 g/mol. The van der Waals surface area contributed by atoms with Crippen LogP contribution in [0.4, 0.5) is 4.39 Å². The fourth-order valence-corrected chi connectivity index (χ4v) is 3.49. The summed E-state index contributed by atoms with van der Waals surface area (Å²) in [6, 6.07) is 5.97. The van der Waals surface area contributed by atoms with E-state index in [0.29, 0.717) is 38.9 Å². The predicted octanol–water partition coefficient (Wildman–Crippen LogP) is 2.10. The molecule has 1 aliphatic heterocycles. The second-order valence-electron chi connectivity index (χ2n) is 6.69. The maximum Gasteiger partial charge on any atom is 0.308 e. The van der Waals surface area contributed by atoms with Gasteiger partial charge in [-0.25, -0.2) is 4.39 Å². The molecule has 1 heterocycles. The van der Waals surface area contributed by atoms with E-state index >= 15 is 0 Å². The Bertz CT molecular complexity index is 606. The summed E-state index contributed by atoms with van der Waals surface area (Å²) in [7, 11) is 0. The van der Waals surface area contributed by atoms with Crippen molar-refractivity contribution < 1.29 is 23.8 Å². The molecular weight excluding hydrogens is 313 g/mol. The number of benzene rings is 1. The van der Waals surface area contributed by atoms with Gasteiger partial charge in [-0.05, 0) is 49.3 Å². The van der Waals surface area contributed by atoms with Gasteiger partial charge in [0.2, 0.25) is 5.91 Å². The summed E-state index contributed by atoms with van der Waals surface area (Å²) in [5.74, 6) is -1.94. The Morgan fingerprint density at radius 1 is 1.25 bits per heavy atom. The van der Waals surface area contributed by atoms with Gasteiger partial charge in [0.1, 0.15) is 5.82 Å². The van der Waals surface area contributed by atoms with Crippen molar-refractivity contribution in [3.63, 3.8) is 0 Å². The lowest BCUT2D eigenvalue weighted by Gasteiger charge is -2.28. The number of carboxylic acids is 1. The van der Waals surface area contributed by atoms with Crippen LogP contribution in [0, 0.1) is 17.7 Å². The van der Waals surface area contributed by atoms with Crippen LogP contribution in [-0.4, -0.2) is 36.7 Å². The Hall–Kier alpha value is -1.95. The first kappa shape index (κ1) is 16.9.